The molecular formula is C25H24F6N2O2S. The Morgan fingerprint density at radius 3 is 1.72 bits per heavy atom. The van der Waals surface area contributed by atoms with Crippen LogP contribution in [0.2, 0.25) is 0 Å². The maximum absolute atomic E-state index is 13.5. The Kier molecular flexibility index (Phi) is 7.48. The predicted octanol–water partition coefficient (Wildman–Crippen LogP) is 6.71. The van der Waals surface area contributed by atoms with Crippen LogP contribution in [0, 0.1) is 6.92 Å². The first-order valence-corrected chi connectivity index (χ1v) is 12.2. The van der Waals surface area contributed by atoms with Gasteiger partial charge in [-0.05, 0) is 42.8 Å². The lowest BCUT2D eigenvalue weighted by molar-refractivity contribution is -0.143. The number of nitrogens with one attached hydrogen (secondary N) is 1. The largest absolute Gasteiger partial charge is 0.416 e. The highest BCUT2D eigenvalue weighted by Crippen LogP contribution is 2.39. The van der Waals surface area contributed by atoms with Crippen LogP contribution in [-0.4, -0.2) is 15.0 Å². The van der Waals surface area contributed by atoms with Gasteiger partial charge in [-0.15, -0.1) is 4.83 Å². The first-order chi connectivity index (χ1) is 16.5. The molecule has 3 rings (SSSR count). The topological polar surface area (TPSA) is 49.4 Å². The van der Waals surface area contributed by atoms with E-state index >= 15 is 0 Å². The number of nitrogens with zero attached hydrogens (tertiary/aromatic N) is 1. The average Bonchev–Trinajstić information content (AvgIpc) is 2.78. The molecule has 0 heterocycles. The molecule has 0 aliphatic rings. The maximum Gasteiger partial charge on any atom is 0.416 e. The van der Waals surface area contributed by atoms with Crippen molar-refractivity contribution >= 4 is 15.7 Å². The fourth-order valence-corrected chi connectivity index (χ4v) is 4.62. The summed E-state index contributed by atoms with van der Waals surface area (Å²) in [6.45, 7) is 4.86. The maximum atomic E-state index is 13.5. The Morgan fingerprint density at radius 2 is 1.25 bits per heavy atom. The van der Waals surface area contributed by atoms with E-state index in [1.807, 2.05) is 0 Å². The van der Waals surface area contributed by atoms with E-state index in [0.29, 0.717) is 17.7 Å². The Labute approximate surface area is 205 Å². The van der Waals surface area contributed by atoms with Gasteiger partial charge in [0.1, 0.15) is 0 Å². The molecule has 0 saturated heterocycles. The molecule has 0 spiro atoms. The summed E-state index contributed by atoms with van der Waals surface area (Å²) >= 11 is 0. The highest BCUT2D eigenvalue weighted by Gasteiger charge is 2.38. The van der Waals surface area contributed by atoms with Crippen molar-refractivity contribution in [2.45, 2.75) is 43.4 Å². The van der Waals surface area contributed by atoms with Crippen LogP contribution in [0.25, 0.3) is 0 Å². The third kappa shape index (κ3) is 6.58. The van der Waals surface area contributed by atoms with Gasteiger partial charge in [0, 0.05) is 12.0 Å². The molecule has 0 aromatic heterocycles. The highest BCUT2D eigenvalue weighted by molar-refractivity contribution is 7.89. The fourth-order valence-electron chi connectivity index (χ4n) is 3.56. The molecule has 0 atom stereocenters. The number of alkyl halides is 6. The zero-order valence-electron chi connectivity index (χ0n) is 19.6. The minimum absolute atomic E-state index is 0.00150. The second-order valence-corrected chi connectivity index (χ2v) is 10.7. The first kappa shape index (κ1) is 27.5. The number of hydrazine groups is 1. The van der Waals surface area contributed by atoms with Crippen molar-refractivity contribution in [3.63, 3.8) is 0 Å². The van der Waals surface area contributed by atoms with E-state index in [-0.39, 0.29) is 17.5 Å². The van der Waals surface area contributed by atoms with Crippen LogP contribution < -0.4 is 9.84 Å². The van der Waals surface area contributed by atoms with Gasteiger partial charge in [0.2, 0.25) is 0 Å². The van der Waals surface area contributed by atoms with Gasteiger partial charge in [0.05, 0.1) is 21.7 Å². The van der Waals surface area contributed by atoms with Crippen molar-refractivity contribution < 1.29 is 34.8 Å². The van der Waals surface area contributed by atoms with Crippen molar-refractivity contribution in [2.75, 3.05) is 11.6 Å². The molecule has 4 nitrogen and oxygen atoms in total. The summed E-state index contributed by atoms with van der Waals surface area (Å²) in [6, 6.07) is 15.3. The van der Waals surface area contributed by atoms with Crippen molar-refractivity contribution in [1.29, 1.82) is 0 Å². The van der Waals surface area contributed by atoms with E-state index in [1.54, 1.807) is 51.1 Å². The fraction of sp³-hybridized carbons (Fsp3) is 0.280. The van der Waals surface area contributed by atoms with Crippen molar-refractivity contribution in [2.24, 2.45) is 0 Å². The Morgan fingerprint density at radius 1 is 0.750 bits per heavy atom. The first-order valence-electron chi connectivity index (χ1n) is 10.7. The summed E-state index contributed by atoms with van der Waals surface area (Å²) in [7, 11) is -4.36. The minimum atomic E-state index is -5.09. The standard InChI is InChI=1S/C25H24F6N2O2S/c1-17-9-11-22(12-10-17)36(34,35)32-33(16-23(2,3)18-7-5-4-6-8-18)21-14-19(24(26,27)28)13-20(15-21)25(29,30)31/h4-15,32H,16H2,1-3H3. The third-order valence-electron chi connectivity index (χ3n) is 5.55. The van der Waals surface area contributed by atoms with Crippen LogP contribution >= 0.6 is 0 Å². The number of benzene rings is 3. The number of aryl methyl sites for hydroxylation is 1. The Balaban J connectivity index is 2.16. The number of hydrogen-bond donors (Lipinski definition) is 1. The highest BCUT2D eigenvalue weighted by atomic mass is 32.2. The summed E-state index contributed by atoms with van der Waals surface area (Å²) in [5, 5.41) is 0.812. The number of rotatable bonds is 7. The van der Waals surface area contributed by atoms with Crippen LogP contribution in [0.1, 0.15) is 36.1 Å². The molecule has 11 heteroatoms. The molecule has 0 unspecified atom stereocenters. The lowest BCUT2D eigenvalue weighted by atomic mass is 9.84. The lowest BCUT2D eigenvalue weighted by Gasteiger charge is -2.35. The van der Waals surface area contributed by atoms with Gasteiger partial charge in [0.15, 0.2) is 0 Å². The zero-order valence-corrected chi connectivity index (χ0v) is 20.4. The van der Waals surface area contributed by atoms with E-state index in [2.05, 4.69) is 4.83 Å². The van der Waals surface area contributed by atoms with Gasteiger partial charge in [-0.3, -0.25) is 5.01 Å². The zero-order chi connectivity index (χ0) is 26.9. The van der Waals surface area contributed by atoms with E-state index in [1.165, 1.54) is 24.3 Å². The lowest BCUT2D eigenvalue weighted by Crippen LogP contribution is -2.48. The summed E-state index contributed by atoms with van der Waals surface area (Å²) < 4.78 is 107. The normalized spacial score (nSPS) is 13.0. The third-order valence-corrected chi connectivity index (χ3v) is 6.91. The van der Waals surface area contributed by atoms with Gasteiger partial charge in [-0.1, -0.05) is 61.9 Å². The summed E-state index contributed by atoms with van der Waals surface area (Å²) in [5.74, 6) is 0. The molecular weight excluding hydrogens is 506 g/mol. The van der Waals surface area contributed by atoms with E-state index < -0.39 is 44.6 Å². The number of hydrogen-bond acceptors (Lipinski definition) is 3. The van der Waals surface area contributed by atoms with Crippen LogP contribution in [0.3, 0.4) is 0 Å². The smallest absolute Gasteiger partial charge is 0.294 e. The Bertz CT molecular complexity index is 1270. The van der Waals surface area contributed by atoms with Crippen molar-refractivity contribution in [1.82, 2.24) is 4.83 Å². The van der Waals surface area contributed by atoms with Crippen molar-refractivity contribution in [3.05, 3.63) is 95.1 Å². The van der Waals surface area contributed by atoms with E-state index in [0.717, 1.165) is 10.6 Å². The Hall–Kier alpha value is -3.05. The van der Waals surface area contributed by atoms with Crippen molar-refractivity contribution in [3.8, 4) is 0 Å². The summed E-state index contributed by atoms with van der Waals surface area (Å²) in [5.41, 5.74) is -3.12. The van der Waals surface area contributed by atoms with E-state index in [4.69, 9.17) is 0 Å². The van der Waals surface area contributed by atoms with Gasteiger partial charge < -0.3 is 0 Å². The monoisotopic (exact) mass is 530 g/mol. The molecule has 0 radical (unpaired) electrons. The molecule has 0 bridgehead atoms. The molecule has 0 amide bonds. The summed E-state index contributed by atoms with van der Waals surface area (Å²) in [4.78, 5) is 2.00. The SMILES string of the molecule is Cc1ccc(S(=O)(=O)NN(CC(C)(C)c2ccccc2)c2cc(C(F)(F)F)cc(C(F)(F)F)c2)cc1. The minimum Gasteiger partial charge on any atom is -0.294 e. The average molecular weight is 531 g/mol. The van der Waals surface area contributed by atoms with Gasteiger partial charge in [-0.2, -0.15) is 26.3 Å². The molecule has 0 aliphatic carbocycles. The van der Waals surface area contributed by atoms with Gasteiger partial charge >= 0.3 is 12.4 Å². The van der Waals surface area contributed by atoms with Crippen LogP contribution in [0.15, 0.2) is 77.7 Å². The predicted molar refractivity (Wildman–Crippen MR) is 125 cm³/mol. The summed E-state index contributed by atoms with van der Waals surface area (Å²) in [6.07, 6.45) is -10.2. The molecule has 36 heavy (non-hydrogen) atoms. The molecule has 1 N–H and O–H groups in total. The van der Waals surface area contributed by atoms with Crippen LogP contribution in [-0.2, 0) is 27.8 Å². The molecule has 3 aromatic carbocycles. The van der Waals surface area contributed by atoms with Crippen LogP contribution in [0.4, 0.5) is 32.0 Å². The van der Waals surface area contributed by atoms with Gasteiger partial charge in [0.25, 0.3) is 10.0 Å². The van der Waals surface area contributed by atoms with Crippen LogP contribution in [0.5, 0.6) is 0 Å². The quantitative estimate of drug-likeness (QED) is 0.273. The number of sulfonamides is 1. The molecule has 0 saturated carbocycles. The molecule has 194 valence electrons. The van der Waals surface area contributed by atoms with E-state index in [9.17, 15) is 34.8 Å². The second-order valence-electron chi connectivity index (χ2n) is 9.01. The molecule has 0 fully saturated rings. The number of anilines is 1. The molecule has 3 aromatic rings. The number of halogens is 6. The second kappa shape index (κ2) is 9.78. The van der Waals surface area contributed by atoms with Gasteiger partial charge in [-0.25, -0.2) is 8.42 Å². The molecule has 0 aliphatic heterocycles.